The monoisotopic (exact) mass is 416 g/mol. The largest absolute Gasteiger partial charge is 0.358 e. The molecule has 0 atom stereocenters. The molecule has 0 saturated heterocycles. The van der Waals surface area contributed by atoms with Gasteiger partial charge < -0.3 is 10.3 Å². The molecule has 2 aromatic carbocycles. The van der Waals surface area contributed by atoms with Crippen LogP contribution >= 0.6 is 11.3 Å². The van der Waals surface area contributed by atoms with Crippen molar-refractivity contribution in [1.82, 2.24) is 9.97 Å². The summed E-state index contributed by atoms with van der Waals surface area (Å²) in [6.45, 7) is 2.02. The standard InChI is InChI=1S/C23H20N4O2S/c1-13-20(17-4-2-3-5-18(17)24-13)19-12-30-23(26-19)27-22(29)15-8-10-16(11-9-15)25-21(28)14-6-7-14/h2-5,8-12,14,24H,6-7H2,1H3,(H,25,28)(H,26,27,29). The summed E-state index contributed by atoms with van der Waals surface area (Å²) in [6.07, 6.45) is 1.92. The minimum Gasteiger partial charge on any atom is -0.358 e. The van der Waals surface area contributed by atoms with Crippen LogP contribution < -0.4 is 10.6 Å². The second-order valence-electron chi connectivity index (χ2n) is 7.50. The Morgan fingerprint density at radius 2 is 1.83 bits per heavy atom. The number of benzene rings is 2. The Morgan fingerprint density at radius 1 is 1.07 bits per heavy atom. The van der Waals surface area contributed by atoms with Crippen molar-refractivity contribution >= 4 is 44.9 Å². The summed E-state index contributed by atoms with van der Waals surface area (Å²) in [7, 11) is 0. The number of aryl methyl sites for hydroxylation is 1. The molecule has 1 saturated carbocycles. The molecule has 0 spiro atoms. The third-order valence-electron chi connectivity index (χ3n) is 5.24. The SMILES string of the molecule is Cc1[nH]c2ccccc2c1-c1csc(NC(=O)c2ccc(NC(=O)C3CC3)cc2)n1. The highest BCUT2D eigenvalue weighted by atomic mass is 32.1. The van der Waals surface area contributed by atoms with Crippen molar-refractivity contribution in [2.24, 2.45) is 5.92 Å². The molecular weight excluding hydrogens is 396 g/mol. The number of para-hydroxylation sites is 1. The van der Waals surface area contributed by atoms with Crippen molar-refractivity contribution in [2.75, 3.05) is 10.6 Å². The van der Waals surface area contributed by atoms with E-state index in [1.54, 1.807) is 24.3 Å². The highest BCUT2D eigenvalue weighted by Gasteiger charge is 2.29. The number of carbonyl (C=O) groups excluding carboxylic acids is 2. The topological polar surface area (TPSA) is 86.9 Å². The predicted octanol–water partition coefficient (Wildman–Crippen LogP) is 5.20. The van der Waals surface area contributed by atoms with E-state index in [0.29, 0.717) is 16.4 Å². The third-order valence-corrected chi connectivity index (χ3v) is 5.99. The highest BCUT2D eigenvalue weighted by Crippen LogP contribution is 2.34. The first-order chi connectivity index (χ1) is 14.6. The lowest BCUT2D eigenvalue weighted by molar-refractivity contribution is -0.117. The Balaban J connectivity index is 1.30. The number of hydrogen-bond acceptors (Lipinski definition) is 4. The maximum absolute atomic E-state index is 12.6. The van der Waals surface area contributed by atoms with Gasteiger partial charge in [0.25, 0.3) is 5.91 Å². The van der Waals surface area contributed by atoms with Crippen molar-refractivity contribution in [3.05, 3.63) is 65.2 Å². The van der Waals surface area contributed by atoms with Crippen molar-refractivity contribution in [1.29, 1.82) is 0 Å². The highest BCUT2D eigenvalue weighted by molar-refractivity contribution is 7.14. The molecule has 1 aliphatic rings. The van der Waals surface area contributed by atoms with Gasteiger partial charge in [-0.05, 0) is 50.1 Å². The zero-order valence-corrected chi connectivity index (χ0v) is 17.2. The molecule has 3 N–H and O–H groups in total. The van der Waals surface area contributed by atoms with Crippen molar-refractivity contribution < 1.29 is 9.59 Å². The molecule has 6 nitrogen and oxygen atoms in total. The number of nitrogens with zero attached hydrogens (tertiary/aromatic N) is 1. The zero-order valence-electron chi connectivity index (χ0n) is 16.4. The predicted molar refractivity (Wildman–Crippen MR) is 120 cm³/mol. The average Bonchev–Trinajstić information content (AvgIpc) is 3.42. The van der Waals surface area contributed by atoms with E-state index in [4.69, 9.17) is 0 Å². The smallest absolute Gasteiger partial charge is 0.257 e. The minimum atomic E-state index is -0.230. The molecule has 0 unspecified atom stereocenters. The number of fused-ring (bicyclic) bond motifs is 1. The summed E-state index contributed by atoms with van der Waals surface area (Å²) in [5, 5.41) is 9.36. The number of anilines is 2. The number of aromatic nitrogens is 2. The number of hydrogen-bond donors (Lipinski definition) is 3. The molecule has 1 fully saturated rings. The second kappa shape index (κ2) is 7.42. The van der Waals surface area contributed by atoms with Gasteiger partial charge in [0.15, 0.2) is 5.13 Å². The average molecular weight is 417 g/mol. The molecule has 0 radical (unpaired) electrons. The molecule has 5 rings (SSSR count). The van der Waals surface area contributed by atoms with E-state index in [1.165, 1.54) is 11.3 Å². The molecule has 2 aromatic heterocycles. The lowest BCUT2D eigenvalue weighted by Gasteiger charge is -2.06. The van der Waals surface area contributed by atoms with E-state index in [-0.39, 0.29) is 17.7 Å². The Kier molecular flexibility index (Phi) is 4.59. The molecule has 0 bridgehead atoms. The van der Waals surface area contributed by atoms with Crippen molar-refractivity contribution in [3.63, 3.8) is 0 Å². The summed E-state index contributed by atoms with van der Waals surface area (Å²) in [6, 6.07) is 15.0. The Hall–Kier alpha value is -3.45. The molecule has 2 amide bonds. The molecule has 4 aromatic rings. The Labute approximate surface area is 177 Å². The van der Waals surface area contributed by atoms with E-state index in [0.717, 1.165) is 40.7 Å². The van der Waals surface area contributed by atoms with Crippen LogP contribution in [0.2, 0.25) is 0 Å². The van der Waals surface area contributed by atoms with Gasteiger partial charge in [-0.2, -0.15) is 0 Å². The molecule has 7 heteroatoms. The van der Waals surface area contributed by atoms with Crippen LogP contribution in [0.3, 0.4) is 0 Å². The second-order valence-corrected chi connectivity index (χ2v) is 8.36. The van der Waals surface area contributed by atoms with Gasteiger partial charge in [0.2, 0.25) is 5.91 Å². The van der Waals surface area contributed by atoms with Crippen LogP contribution in [0.1, 0.15) is 28.9 Å². The van der Waals surface area contributed by atoms with Crippen LogP contribution in [0.4, 0.5) is 10.8 Å². The summed E-state index contributed by atoms with van der Waals surface area (Å²) >= 11 is 1.40. The van der Waals surface area contributed by atoms with E-state index in [2.05, 4.69) is 26.7 Å². The molecule has 150 valence electrons. The van der Waals surface area contributed by atoms with Crippen LogP contribution in [0.25, 0.3) is 22.2 Å². The Morgan fingerprint density at radius 3 is 2.60 bits per heavy atom. The lowest BCUT2D eigenvalue weighted by Crippen LogP contribution is -2.14. The number of H-pyrrole nitrogens is 1. The van der Waals surface area contributed by atoms with Gasteiger partial charge in [-0.25, -0.2) is 4.98 Å². The number of carbonyl (C=O) groups is 2. The number of thiazole rings is 1. The number of rotatable bonds is 5. The van der Waals surface area contributed by atoms with Gasteiger partial charge >= 0.3 is 0 Å². The fourth-order valence-electron chi connectivity index (χ4n) is 3.52. The third kappa shape index (κ3) is 3.59. The molecular formula is C23H20N4O2S. The van der Waals surface area contributed by atoms with Crippen LogP contribution in [0, 0.1) is 12.8 Å². The zero-order chi connectivity index (χ0) is 20.7. The number of aromatic amines is 1. The van der Waals surface area contributed by atoms with Crippen molar-refractivity contribution in [2.45, 2.75) is 19.8 Å². The van der Waals surface area contributed by atoms with Gasteiger partial charge in [0.1, 0.15) is 0 Å². The van der Waals surface area contributed by atoms with Crippen molar-refractivity contribution in [3.8, 4) is 11.3 Å². The molecule has 1 aliphatic carbocycles. The fourth-order valence-corrected chi connectivity index (χ4v) is 4.21. The number of amides is 2. The number of nitrogens with one attached hydrogen (secondary N) is 3. The summed E-state index contributed by atoms with van der Waals surface area (Å²) < 4.78 is 0. The minimum absolute atomic E-state index is 0.0510. The molecule has 0 aliphatic heterocycles. The summed E-state index contributed by atoms with van der Waals surface area (Å²) in [4.78, 5) is 32.4. The van der Waals surface area contributed by atoms with E-state index in [1.807, 2.05) is 30.5 Å². The Bertz CT molecular complexity index is 1250. The van der Waals surface area contributed by atoms with Crippen LogP contribution in [-0.2, 0) is 4.79 Å². The normalized spacial score (nSPS) is 13.4. The van der Waals surface area contributed by atoms with Gasteiger partial charge in [-0.15, -0.1) is 11.3 Å². The fraction of sp³-hybridized carbons (Fsp3) is 0.174. The van der Waals surface area contributed by atoms with E-state index >= 15 is 0 Å². The summed E-state index contributed by atoms with van der Waals surface area (Å²) in [5.74, 6) is -0.0328. The van der Waals surface area contributed by atoms with Crippen LogP contribution in [0.5, 0.6) is 0 Å². The maximum Gasteiger partial charge on any atom is 0.257 e. The van der Waals surface area contributed by atoms with Gasteiger partial charge in [-0.3, -0.25) is 14.9 Å². The molecule has 30 heavy (non-hydrogen) atoms. The maximum atomic E-state index is 12.6. The van der Waals surface area contributed by atoms with Crippen LogP contribution in [-0.4, -0.2) is 21.8 Å². The van der Waals surface area contributed by atoms with Gasteiger partial charge in [-0.1, -0.05) is 18.2 Å². The van der Waals surface area contributed by atoms with E-state index < -0.39 is 0 Å². The van der Waals surface area contributed by atoms with Gasteiger partial charge in [0, 0.05) is 44.7 Å². The first kappa shape index (κ1) is 18.6. The van der Waals surface area contributed by atoms with Crippen LogP contribution in [0.15, 0.2) is 53.9 Å². The first-order valence-electron chi connectivity index (χ1n) is 9.84. The lowest BCUT2D eigenvalue weighted by atomic mass is 10.1. The first-order valence-corrected chi connectivity index (χ1v) is 10.7. The molecule has 2 heterocycles. The van der Waals surface area contributed by atoms with E-state index in [9.17, 15) is 9.59 Å². The van der Waals surface area contributed by atoms with Gasteiger partial charge in [0.05, 0.1) is 5.69 Å². The summed E-state index contributed by atoms with van der Waals surface area (Å²) in [5.41, 5.74) is 5.22. The quantitative estimate of drug-likeness (QED) is 0.418.